The molecule has 1 fully saturated rings. The van der Waals surface area contributed by atoms with Crippen molar-refractivity contribution in [3.8, 4) is 0 Å². The van der Waals surface area contributed by atoms with Gasteiger partial charge in [0, 0.05) is 44.6 Å². The zero-order valence-corrected chi connectivity index (χ0v) is 13.0. The minimum Gasteiger partial charge on any atom is -0.338 e. The first kappa shape index (κ1) is 16.4. The highest BCUT2D eigenvalue weighted by atomic mass is 19.4. The van der Waals surface area contributed by atoms with Crippen molar-refractivity contribution in [1.29, 1.82) is 0 Å². The number of piperidine rings is 1. The van der Waals surface area contributed by atoms with Gasteiger partial charge in [-0.25, -0.2) is 15.0 Å². The second-order valence-electron chi connectivity index (χ2n) is 5.81. The predicted molar refractivity (Wildman–Crippen MR) is 78.1 cm³/mol. The molecule has 2 aromatic heterocycles. The van der Waals surface area contributed by atoms with Crippen LogP contribution >= 0.6 is 0 Å². The number of halogens is 3. The lowest BCUT2D eigenvalue weighted by Crippen LogP contribution is -2.39. The summed E-state index contributed by atoms with van der Waals surface area (Å²) in [6.07, 6.45) is 2.11. The van der Waals surface area contributed by atoms with Gasteiger partial charge in [0.1, 0.15) is 12.2 Å². The summed E-state index contributed by atoms with van der Waals surface area (Å²) in [5, 5.41) is 0. The van der Waals surface area contributed by atoms with E-state index in [0.717, 1.165) is 6.20 Å². The van der Waals surface area contributed by atoms with Crippen molar-refractivity contribution in [3.05, 3.63) is 42.0 Å². The van der Waals surface area contributed by atoms with Crippen LogP contribution in [-0.2, 0) is 13.2 Å². The van der Waals surface area contributed by atoms with Crippen LogP contribution in [0.15, 0.2) is 24.9 Å². The lowest BCUT2D eigenvalue weighted by molar-refractivity contribution is -0.141. The third-order valence-corrected chi connectivity index (χ3v) is 4.08. The van der Waals surface area contributed by atoms with Gasteiger partial charge in [-0.15, -0.1) is 0 Å². The maximum atomic E-state index is 12.8. The number of aromatic nitrogens is 4. The van der Waals surface area contributed by atoms with Gasteiger partial charge in [-0.2, -0.15) is 13.2 Å². The van der Waals surface area contributed by atoms with E-state index in [1.54, 1.807) is 11.9 Å². The van der Waals surface area contributed by atoms with E-state index in [-0.39, 0.29) is 11.8 Å². The van der Waals surface area contributed by atoms with E-state index in [9.17, 15) is 18.0 Å². The van der Waals surface area contributed by atoms with Crippen LogP contribution in [0, 0.1) is 0 Å². The molecule has 0 radical (unpaired) electrons. The Balaban J connectivity index is 1.79. The molecule has 1 atom stereocenters. The predicted octanol–water partition coefficient (Wildman–Crippen LogP) is 2.25. The van der Waals surface area contributed by atoms with Gasteiger partial charge in [0.05, 0.1) is 5.56 Å². The van der Waals surface area contributed by atoms with Crippen LogP contribution in [-0.4, -0.2) is 43.4 Å². The average Bonchev–Trinajstić information content (AvgIpc) is 2.97. The molecule has 2 aromatic rings. The summed E-state index contributed by atoms with van der Waals surface area (Å²) in [4.78, 5) is 25.5. The van der Waals surface area contributed by atoms with Gasteiger partial charge in [0.2, 0.25) is 0 Å². The number of imidazole rings is 1. The fourth-order valence-electron chi connectivity index (χ4n) is 2.96. The van der Waals surface area contributed by atoms with Crippen molar-refractivity contribution in [3.63, 3.8) is 0 Å². The van der Waals surface area contributed by atoms with Crippen molar-refractivity contribution < 1.29 is 18.0 Å². The fraction of sp³-hybridized carbons (Fsp3) is 0.467. The van der Waals surface area contributed by atoms with Crippen LogP contribution < -0.4 is 0 Å². The van der Waals surface area contributed by atoms with Crippen LogP contribution in [0.3, 0.4) is 0 Å². The van der Waals surface area contributed by atoms with Gasteiger partial charge in [-0.1, -0.05) is 0 Å². The molecule has 0 aliphatic carbocycles. The number of hydrogen-bond acceptors (Lipinski definition) is 4. The van der Waals surface area contributed by atoms with Gasteiger partial charge in [-0.3, -0.25) is 4.79 Å². The molecular formula is C15H16F3N5O. The summed E-state index contributed by atoms with van der Waals surface area (Å²) in [7, 11) is 1.55. The van der Waals surface area contributed by atoms with Gasteiger partial charge in [-0.05, 0) is 12.8 Å². The SMILES string of the molecule is Cn1cc(C(F)(F)F)nc1[C@H]1CCCN(C(=O)c2cncnc2)C1. The molecule has 128 valence electrons. The zero-order chi connectivity index (χ0) is 17.3. The topological polar surface area (TPSA) is 63.9 Å². The molecule has 1 saturated heterocycles. The number of rotatable bonds is 2. The molecule has 1 amide bonds. The Hall–Kier alpha value is -2.45. The molecule has 3 rings (SSSR count). The molecular weight excluding hydrogens is 323 g/mol. The third kappa shape index (κ3) is 3.24. The first-order valence-electron chi connectivity index (χ1n) is 7.51. The van der Waals surface area contributed by atoms with Gasteiger partial charge >= 0.3 is 6.18 Å². The summed E-state index contributed by atoms with van der Waals surface area (Å²) >= 11 is 0. The van der Waals surface area contributed by atoms with E-state index in [1.165, 1.54) is 23.3 Å². The summed E-state index contributed by atoms with van der Waals surface area (Å²) in [6, 6.07) is 0. The van der Waals surface area contributed by atoms with E-state index in [1.807, 2.05) is 0 Å². The Bertz CT molecular complexity index is 728. The zero-order valence-electron chi connectivity index (χ0n) is 13.0. The van der Waals surface area contributed by atoms with E-state index in [4.69, 9.17) is 0 Å². The first-order valence-corrected chi connectivity index (χ1v) is 7.51. The summed E-state index contributed by atoms with van der Waals surface area (Å²) in [6.45, 7) is 0.886. The number of amides is 1. The highest BCUT2D eigenvalue weighted by molar-refractivity contribution is 5.93. The Morgan fingerprint density at radius 2 is 2.00 bits per heavy atom. The molecule has 3 heterocycles. The fourth-order valence-corrected chi connectivity index (χ4v) is 2.96. The smallest absolute Gasteiger partial charge is 0.338 e. The van der Waals surface area contributed by atoms with Crippen LogP contribution in [0.5, 0.6) is 0 Å². The van der Waals surface area contributed by atoms with Crippen molar-refractivity contribution in [1.82, 2.24) is 24.4 Å². The lowest BCUT2D eigenvalue weighted by Gasteiger charge is -2.32. The minimum absolute atomic E-state index is 0.217. The van der Waals surface area contributed by atoms with E-state index in [2.05, 4.69) is 15.0 Å². The Morgan fingerprint density at radius 3 is 2.62 bits per heavy atom. The molecule has 1 aliphatic heterocycles. The molecule has 0 aromatic carbocycles. The van der Waals surface area contributed by atoms with E-state index < -0.39 is 11.9 Å². The van der Waals surface area contributed by atoms with Crippen molar-refractivity contribution in [2.24, 2.45) is 7.05 Å². The molecule has 9 heteroatoms. The first-order chi connectivity index (χ1) is 11.4. The number of likely N-dealkylation sites (tertiary alicyclic amines) is 1. The summed E-state index contributed by atoms with van der Waals surface area (Å²) in [5.41, 5.74) is -0.533. The second-order valence-corrected chi connectivity index (χ2v) is 5.81. The molecule has 0 unspecified atom stereocenters. The van der Waals surface area contributed by atoms with Crippen molar-refractivity contribution in [2.45, 2.75) is 24.9 Å². The average molecular weight is 339 g/mol. The summed E-state index contributed by atoms with van der Waals surface area (Å²) < 4.78 is 39.9. The molecule has 6 nitrogen and oxygen atoms in total. The number of alkyl halides is 3. The van der Waals surface area contributed by atoms with E-state index >= 15 is 0 Å². The molecule has 0 N–H and O–H groups in total. The molecule has 24 heavy (non-hydrogen) atoms. The van der Waals surface area contributed by atoms with Crippen molar-refractivity contribution >= 4 is 5.91 Å². The molecule has 0 bridgehead atoms. The monoisotopic (exact) mass is 339 g/mol. The molecule has 0 spiro atoms. The van der Waals surface area contributed by atoms with Gasteiger partial charge < -0.3 is 9.47 Å². The number of hydrogen-bond donors (Lipinski definition) is 0. The minimum atomic E-state index is -4.47. The summed E-state index contributed by atoms with van der Waals surface area (Å²) in [5.74, 6) is -0.0943. The van der Waals surface area contributed by atoms with Crippen LogP contribution in [0.4, 0.5) is 13.2 Å². The standard InChI is InChI=1S/C15H16F3N5O/c1-22-8-12(15(16,17)18)21-13(22)10-3-2-4-23(7-10)14(24)11-5-19-9-20-6-11/h5-6,8-10H,2-4,7H2,1H3/t10-/m0/s1. The van der Waals surface area contributed by atoms with Gasteiger partial charge in [0.15, 0.2) is 5.69 Å². The Morgan fingerprint density at radius 1 is 1.29 bits per heavy atom. The normalized spacial score (nSPS) is 18.7. The lowest BCUT2D eigenvalue weighted by atomic mass is 9.96. The van der Waals surface area contributed by atoms with Crippen LogP contribution in [0.25, 0.3) is 0 Å². The second kappa shape index (κ2) is 6.21. The highest BCUT2D eigenvalue weighted by Crippen LogP contribution is 2.32. The number of carbonyl (C=O) groups excluding carboxylic acids is 1. The maximum absolute atomic E-state index is 12.8. The van der Waals surface area contributed by atoms with Crippen molar-refractivity contribution in [2.75, 3.05) is 13.1 Å². The Labute approximate surface area is 136 Å². The highest BCUT2D eigenvalue weighted by Gasteiger charge is 2.36. The quantitative estimate of drug-likeness (QED) is 0.842. The van der Waals surface area contributed by atoms with E-state index in [0.29, 0.717) is 37.3 Å². The molecule has 1 aliphatic rings. The van der Waals surface area contributed by atoms with Gasteiger partial charge in [0.25, 0.3) is 5.91 Å². The van der Waals surface area contributed by atoms with Crippen LogP contribution in [0.1, 0.15) is 40.6 Å². The molecule has 0 saturated carbocycles. The Kier molecular flexibility index (Phi) is 4.25. The number of aryl methyl sites for hydroxylation is 1. The number of carbonyl (C=O) groups is 1. The maximum Gasteiger partial charge on any atom is 0.434 e. The largest absolute Gasteiger partial charge is 0.434 e. The third-order valence-electron chi connectivity index (χ3n) is 4.08. The van der Waals surface area contributed by atoms with Crippen LogP contribution in [0.2, 0.25) is 0 Å². The number of nitrogens with zero attached hydrogens (tertiary/aromatic N) is 5.